The number of carbonyl (C=O) groups is 2. The van der Waals surface area contributed by atoms with Crippen molar-refractivity contribution in [1.29, 1.82) is 0 Å². The van der Waals surface area contributed by atoms with Gasteiger partial charge >= 0.3 is 0 Å². The standard InChI is InChI=1S/C20H23N3O3/c1-20(2,21)12-22-18(24)14-7-5-8-15(10-14)23-19(25)17-11-13-6-3-4-9-16(13)26-17/h3-10,17H,11-12,21H2,1-2H3,(H,22,24)(H,23,25). The summed E-state index contributed by atoms with van der Waals surface area (Å²) in [4.78, 5) is 24.7. The van der Waals surface area contributed by atoms with Crippen molar-refractivity contribution in [3.63, 3.8) is 0 Å². The first-order valence-electron chi connectivity index (χ1n) is 8.54. The van der Waals surface area contributed by atoms with E-state index in [1.807, 2.05) is 38.1 Å². The summed E-state index contributed by atoms with van der Waals surface area (Å²) in [6.07, 6.45) is -0.0313. The van der Waals surface area contributed by atoms with E-state index in [9.17, 15) is 9.59 Å². The topological polar surface area (TPSA) is 93.5 Å². The highest BCUT2D eigenvalue weighted by molar-refractivity contribution is 5.98. The van der Waals surface area contributed by atoms with Crippen LogP contribution >= 0.6 is 0 Å². The van der Waals surface area contributed by atoms with Gasteiger partial charge in [0.2, 0.25) is 0 Å². The molecule has 2 amide bonds. The molecule has 1 unspecified atom stereocenters. The molecule has 0 fully saturated rings. The molecule has 2 aromatic rings. The molecule has 0 saturated carbocycles. The van der Waals surface area contributed by atoms with Crippen molar-refractivity contribution in [2.45, 2.75) is 31.9 Å². The third-order valence-electron chi connectivity index (χ3n) is 4.04. The number of fused-ring (bicyclic) bond motifs is 1. The number of nitrogens with two attached hydrogens (primary N) is 1. The van der Waals surface area contributed by atoms with E-state index in [1.165, 1.54) is 0 Å². The molecule has 4 N–H and O–H groups in total. The van der Waals surface area contributed by atoms with E-state index in [4.69, 9.17) is 10.5 Å². The van der Waals surface area contributed by atoms with Gasteiger partial charge in [-0.25, -0.2) is 0 Å². The average molecular weight is 353 g/mol. The Kier molecular flexibility index (Phi) is 4.95. The number of para-hydroxylation sites is 1. The van der Waals surface area contributed by atoms with Crippen LogP contribution in [0.3, 0.4) is 0 Å². The van der Waals surface area contributed by atoms with Crippen LogP contribution in [0.5, 0.6) is 5.75 Å². The summed E-state index contributed by atoms with van der Waals surface area (Å²) in [5, 5.41) is 5.60. The van der Waals surface area contributed by atoms with Crippen molar-refractivity contribution in [3.05, 3.63) is 59.7 Å². The van der Waals surface area contributed by atoms with Crippen molar-refractivity contribution < 1.29 is 14.3 Å². The second kappa shape index (κ2) is 7.17. The van der Waals surface area contributed by atoms with Crippen LogP contribution in [0.1, 0.15) is 29.8 Å². The molecular weight excluding hydrogens is 330 g/mol. The van der Waals surface area contributed by atoms with Gasteiger partial charge in [-0.15, -0.1) is 0 Å². The van der Waals surface area contributed by atoms with E-state index in [1.54, 1.807) is 24.3 Å². The van der Waals surface area contributed by atoms with E-state index in [0.29, 0.717) is 24.2 Å². The van der Waals surface area contributed by atoms with Crippen molar-refractivity contribution in [1.82, 2.24) is 5.32 Å². The smallest absolute Gasteiger partial charge is 0.265 e. The van der Waals surface area contributed by atoms with Crippen molar-refractivity contribution in [2.24, 2.45) is 5.73 Å². The quantitative estimate of drug-likeness (QED) is 0.767. The van der Waals surface area contributed by atoms with Gasteiger partial charge in [0.1, 0.15) is 5.75 Å². The molecule has 2 aromatic carbocycles. The summed E-state index contributed by atoms with van der Waals surface area (Å²) < 4.78 is 5.69. The van der Waals surface area contributed by atoms with Gasteiger partial charge < -0.3 is 21.1 Å². The number of hydrogen-bond donors (Lipinski definition) is 3. The van der Waals surface area contributed by atoms with E-state index in [-0.39, 0.29) is 11.8 Å². The minimum Gasteiger partial charge on any atom is -0.480 e. The van der Waals surface area contributed by atoms with Crippen molar-refractivity contribution in [2.75, 3.05) is 11.9 Å². The molecule has 0 aliphatic carbocycles. The summed E-state index contributed by atoms with van der Waals surface area (Å²) in [5.41, 5.74) is 7.42. The molecule has 1 aliphatic heterocycles. The maximum atomic E-state index is 12.5. The van der Waals surface area contributed by atoms with Crippen LogP contribution in [0.25, 0.3) is 0 Å². The molecule has 0 saturated heterocycles. The Balaban J connectivity index is 1.62. The summed E-state index contributed by atoms with van der Waals surface area (Å²) in [5.74, 6) is 0.274. The summed E-state index contributed by atoms with van der Waals surface area (Å²) in [6.45, 7) is 4.03. The maximum Gasteiger partial charge on any atom is 0.265 e. The molecule has 0 spiro atoms. The first-order chi connectivity index (χ1) is 12.3. The minimum atomic E-state index is -0.567. The largest absolute Gasteiger partial charge is 0.480 e. The van der Waals surface area contributed by atoms with Gasteiger partial charge in [-0.05, 0) is 43.7 Å². The lowest BCUT2D eigenvalue weighted by molar-refractivity contribution is -0.122. The predicted octanol–water partition coefficient (Wildman–Crippen LogP) is 2.10. The lowest BCUT2D eigenvalue weighted by atomic mass is 10.1. The lowest BCUT2D eigenvalue weighted by Gasteiger charge is -2.19. The van der Waals surface area contributed by atoms with Gasteiger partial charge in [-0.3, -0.25) is 9.59 Å². The fraction of sp³-hybridized carbons (Fsp3) is 0.300. The highest BCUT2D eigenvalue weighted by Gasteiger charge is 2.28. The van der Waals surface area contributed by atoms with Crippen LogP contribution in [-0.2, 0) is 11.2 Å². The number of amides is 2. The number of benzene rings is 2. The van der Waals surface area contributed by atoms with E-state index >= 15 is 0 Å². The van der Waals surface area contributed by atoms with Crippen LogP contribution in [0, 0.1) is 0 Å². The second-order valence-electron chi connectivity index (χ2n) is 7.16. The monoisotopic (exact) mass is 353 g/mol. The number of hydrogen-bond acceptors (Lipinski definition) is 4. The van der Waals surface area contributed by atoms with Crippen molar-refractivity contribution >= 4 is 17.5 Å². The summed E-state index contributed by atoms with van der Waals surface area (Å²) >= 11 is 0. The Morgan fingerprint density at radius 3 is 2.69 bits per heavy atom. The fourth-order valence-corrected chi connectivity index (χ4v) is 2.70. The molecule has 6 heteroatoms. The Hall–Kier alpha value is -2.86. The molecule has 0 aromatic heterocycles. The Morgan fingerprint density at radius 2 is 1.96 bits per heavy atom. The normalized spacial score (nSPS) is 15.7. The highest BCUT2D eigenvalue weighted by atomic mass is 16.5. The van der Waals surface area contributed by atoms with Crippen LogP contribution < -0.4 is 21.1 Å². The van der Waals surface area contributed by atoms with Crippen molar-refractivity contribution in [3.8, 4) is 5.75 Å². The summed E-state index contributed by atoms with van der Waals surface area (Å²) in [6, 6.07) is 14.4. The first-order valence-corrected chi connectivity index (χ1v) is 8.54. The molecule has 1 atom stereocenters. The Labute approximate surface area is 152 Å². The molecule has 1 heterocycles. The van der Waals surface area contributed by atoms with Gasteiger partial charge in [-0.1, -0.05) is 24.3 Å². The average Bonchev–Trinajstić information content (AvgIpc) is 3.03. The Bertz CT molecular complexity index is 802. The van der Waals surface area contributed by atoms with Crippen LogP contribution in [-0.4, -0.2) is 30.0 Å². The minimum absolute atomic E-state index is 0.232. The molecule has 6 nitrogen and oxygen atoms in total. The van der Waals surface area contributed by atoms with Crippen LogP contribution in [0.15, 0.2) is 48.5 Å². The molecular formula is C20H23N3O3. The van der Waals surface area contributed by atoms with Gasteiger partial charge in [-0.2, -0.15) is 0 Å². The molecule has 3 rings (SSSR count). The Morgan fingerprint density at radius 1 is 1.19 bits per heavy atom. The van der Waals surface area contributed by atoms with Gasteiger partial charge in [0.25, 0.3) is 11.8 Å². The van der Waals surface area contributed by atoms with E-state index < -0.39 is 11.6 Å². The zero-order chi connectivity index (χ0) is 18.7. The van der Waals surface area contributed by atoms with Gasteiger partial charge in [0.15, 0.2) is 6.10 Å². The van der Waals surface area contributed by atoms with E-state index in [2.05, 4.69) is 10.6 Å². The number of nitrogens with one attached hydrogen (secondary N) is 2. The zero-order valence-electron chi connectivity index (χ0n) is 14.9. The predicted molar refractivity (Wildman–Crippen MR) is 100 cm³/mol. The maximum absolute atomic E-state index is 12.5. The van der Waals surface area contributed by atoms with Crippen LogP contribution in [0.2, 0.25) is 0 Å². The third kappa shape index (κ3) is 4.40. The number of ether oxygens (including phenoxy) is 1. The van der Waals surface area contributed by atoms with Gasteiger partial charge in [0, 0.05) is 29.8 Å². The molecule has 0 radical (unpaired) electrons. The molecule has 26 heavy (non-hydrogen) atoms. The number of rotatable bonds is 5. The second-order valence-corrected chi connectivity index (χ2v) is 7.16. The fourth-order valence-electron chi connectivity index (χ4n) is 2.70. The molecule has 0 bridgehead atoms. The number of carbonyl (C=O) groups excluding carboxylic acids is 2. The van der Waals surface area contributed by atoms with Crippen LogP contribution in [0.4, 0.5) is 5.69 Å². The number of anilines is 1. The van der Waals surface area contributed by atoms with E-state index in [0.717, 1.165) is 11.3 Å². The lowest BCUT2D eigenvalue weighted by Crippen LogP contribution is -2.45. The molecule has 1 aliphatic rings. The molecule has 136 valence electrons. The zero-order valence-corrected chi connectivity index (χ0v) is 14.9. The van der Waals surface area contributed by atoms with Gasteiger partial charge in [0.05, 0.1) is 0 Å². The SMILES string of the molecule is CC(C)(N)CNC(=O)c1cccc(NC(=O)C2Cc3ccccc3O2)c1. The first kappa shape index (κ1) is 17.9. The summed E-state index contributed by atoms with van der Waals surface area (Å²) in [7, 11) is 0. The highest BCUT2D eigenvalue weighted by Crippen LogP contribution is 2.28. The third-order valence-corrected chi connectivity index (χ3v) is 4.04.